The molecule has 1 fully saturated rings. The smallest absolute Gasteiger partial charge is 0.229 e. The van der Waals surface area contributed by atoms with E-state index in [1.54, 1.807) is 18.2 Å². The van der Waals surface area contributed by atoms with Gasteiger partial charge < -0.3 is 49.2 Å². The Bertz CT molecular complexity index is 978. The molecule has 0 bridgehead atoms. The topological polar surface area (TPSA) is 147 Å². The van der Waals surface area contributed by atoms with Gasteiger partial charge in [-0.15, -0.1) is 0 Å². The average Bonchev–Trinajstić information content (AvgIpc) is 2.83. The van der Waals surface area contributed by atoms with E-state index in [1.807, 2.05) is 12.1 Å². The largest absolute Gasteiger partial charge is 0.502 e. The molecule has 6 atom stereocenters. The number of aliphatic hydroxyl groups is 4. The van der Waals surface area contributed by atoms with Crippen LogP contribution in [0.5, 0.6) is 28.7 Å². The highest BCUT2D eigenvalue weighted by atomic mass is 16.7. The van der Waals surface area contributed by atoms with Gasteiger partial charge in [-0.1, -0.05) is 12.1 Å². The average molecular weight is 464 g/mol. The minimum absolute atomic E-state index is 0.0634. The van der Waals surface area contributed by atoms with Crippen molar-refractivity contribution < 1.29 is 49.2 Å². The van der Waals surface area contributed by atoms with Gasteiger partial charge in [0.2, 0.25) is 12.0 Å². The first-order valence-corrected chi connectivity index (χ1v) is 10.5. The van der Waals surface area contributed by atoms with Crippen molar-refractivity contribution in [2.24, 2.45) is 0 Å². The van der Waals surface area contributed by atoms with E-state index in [4.69, 9.17) is 23.7 Å². The molecule has 0 aliphatic carbocycles. The van der Waals surface area contributed by atoms with Gasteiger partial charge in [0.15, 0.2) is 11.5 Å². The maximum absolute atomic E-state index is 10.4. The lowest BCUT2D eigenvalue weighted by Gasteiger charge is -2.39. The molecule has 1 unspecified atom stereocenters. The first-order chi connectivity index (χ1) is 15.9. The molecule has 1 saturated heterocycles. The maximum Gasteiger partial charge on any atom is 0.229 e. The molecule has 10 heteroatoms. The van der Waals surface area contributed by atoms with Crippen molar-refractivity contribution in [3.05, 3.63) is 41.5 Å². The maximum atomic E-state index is 10.4. The first-order valence-electron chi connectivity index (χ1n) is 10.5. The molecule has 0 spiro atoms. The van der Waals surface area contributed by atoms with Crippen LogP contribution in [0.4, 0.5) is 0 Å². The number of hydrogen-bond donors (Lipinski definition) is 5. The van der Waals surface area contributed by atoms with Gasteiger partial charge in [0, 0.05) is 17.5 Å². The van der Waals surface area contributed by atoms with Gasteiger partial charge in [0.05, 0.1) is 27.4 Å². The fourth-order valence-electron chi connectivity index (χ4n) is 4.19. The highest BCUT2D eigenvalue weighted by Gasteiger charge is 2.44. The third-order valence-electron chi connectivity index (χ3n) is 6.03. The highest BCUT2D eigenvalue weighted by molar-refractivity contribution is 5.56. The third kappa shape index (κ3) is 4.40. The van der Waals surface area contributed by atoms with E-state index in [0.29, 0.717) is 36.0 Å². The number of hydrogen-bond acceptors (Lipinski definition) is 10. The Morgan fingerprint density at radius 2 is 1.79 bits per heavy atom. The van der Waals surface area contributed by atoms with Gasteiger partial charge in [0.1, 0.15) is 35.9 Å². The number of aliphatic hydroxyl groups excluding tert-OH is 4. The van der Waals surface area contributed by atoms with Crippen LogP contribution in [-0.2, 0) is 11.2 Å². The van der Waals surface area contributed by atoms with E-state index in [0.717, 1.165) is 11.1 Å². The predicted molar refractivity (Wildman–Crippen MR) is 114 cm³/mol. The number of rotatable bonds is 6. The van der Waals surface area contributed by atoms with Gasteiger partial charge in [-0.05, 0) is 24.1 Å². The number of ether oxygens (including phenoxy) is 5. The summed E-state index contributed by atoms with van der Waals surface area (Å²) in [6, 6.07) is 8.66. The summed E-state index contributed by atoms with van der Waals surface area (Å²) in [5.41, 5.74) is 1.70. The van der Waals surface area contributed by atoms with Gasteiger partial charge in [-0.2, -0.15) is 0 Å². The number of fused-ring (bicyclic) bond motifs is 1. The van der Waals surface area contributed by atoms with Gasteiger partial charge >= 0.3 is 0 Å². The van der Waals surface area contributed by atoms with Crippen molar-refractivity contribution in [1.29, 1.82) is 0 Å². The van der Waals surface area contributed by atoms with Gasteiger partial charge in [-0.25, -0.2) is 0 Å². The van der Waals surface area contributed by atoms with Crippen LogP contribution in [0.1, 0.15) is 17.0 Å². The monoisotopic (exact) mass is 464 g/mol. The molecular weight excluding hydrogens is 436 g/mol. The van der Waals surface area contributed by atoms with Crippen LogP contribution in [0.3, 0.4) is 0 Å². The van der Waals surface area contributed by atoms with Crippen LogP contribution in [-0.4, -0.2) is 83.7 Å². The molecule has 0 saturated carbocycles. The van der Waals surface area contributed by atoms with Crippen LogP contribution < -0.4 is 18.9 Å². The SMILES string of the molecule is COc1ccc(C2COc3cc(O[C@@H]4O[C@H](CO)[C@H](O)[C@H](O)[C@H]4O)ccc3C2)c(OC)c1O. The van der Waals surface area contributed by atoms with Crippen LogP contribution in [0, 0.1) is 0 Å². The molecular formula is C23H28O10. The molecule has 33 heavy (non-hydrogen) atoms. The molecule has 0 aromatic heterocycles. The lowest BCUT2D eigenvalue weighted by Crippen LogP contribution is -2.60. The van der Waals surface area contributed by atoms with E-state index < -0.39 is 37.3 Å². The van der Waals surface area contributed by atoms with Crippen LogP contribution in [0.2, 0.25) is 0 Å². The number of aromatic hydroxyl groups is 1. The van der Waals surface area contributed by atoms with Gasteiger partial charge in [0.25, 0.3) is 0 Å². The van der Waals surface area contributed by atoms with Crippen molar-refractivity contribution in [3.63, 3.8) is 0 Å². The summed E-state index contributed by atoms with van der Waals surface area (Å²) in [6.07, 6.45) is -6.19. The second-order valence-corrected chi connectivity index (χ2v) is 8.04. The van der Waals surface area contributed by atoms with Crippen molar-refractivity contribution >= 4 is 0 Å². The Morgan fingerprint density at radius 1 is 1.00 bits per heavy atom. The summed E-state index contributed by atoms with van der Waals surface area (Å²) in [6.45, 7) is -0.206. The molecule has 2 heterocycles. The molecule has 2 aromatic carbocycles. The fraction of sp³-hybridized carbons (Fsp3) is 0.478. The molecule has 4 rings (SSSR count). The summed E-state index contributed by atoms with van der Waals surface area (Å²) in [7, 11) is 2.95. The molecule has 2 aliphatic heterocycles. The Hall–Kier alpha value is -2.76. The summed E-state index contributed by atoms with van der Waals surface area (Å²) in [5.74, 6) is 1.45. The zero-order valence-corrected chi connectivity index (χ0v) is 18.2. The standard InChI is InChI=1S/C23H28O10/c1-29-15-6-5-14(22(30-2)19(15)26)12-7-11-3-4-13(8-16(11)31-10-12)32-23-21(28)20(27)18(25)17(9-24)33-23/h3-6,8,12,17-18,20-21,23-28H,7,9-10H2,1-2H3/t12?,17-,18+,20+,21-,23-/m1/s1. The number of phenolic OH excluding ortho intramolecular Hbond substituents is 1. The van der Waals surface area contributed by atoms with Crippen molar-refractivity contribution in [2.75, 3.05) is 27.4 Å². The molecule has 0 radical (unpaired) electrons. The Morgan fingerprint density at radius 3 is 2.48 bits per heavy atom. The van der Waals surface area contributed by atoms with Crippen LogP contribution >= 0.6 is 0 Å². The molecule has 5 N–H and O–H groups in total. The van der Waals surface area contributed by atoms with E-state index in [2.05, 4.69) is 0 Å². The van der Waals surface area contributed by atoms with E-state index >= 15 is 0 Å². The number of benzene rings is 2. The van der Waals surface area contributed by atoms with Crippen molar-refractivity contribution in [3.8, 4) is 28.7 Å². The Balaban J connectivity index is 1.50. The van der Waals surface area contributed by atoms with Crippen molar-refractivity contribution in [2.45, 2.75) is 43.0 Å². The molecule has 2 aliphatic rings. The normalized spacial score (nSPS) is 29.0. The van der Waals surface area contributed by atoms with E-state index in [9.17, 15) is 25.5 Å². The zero-order valence-electron chi connectivity index (χ0n) is 18.2. The minimum atomic E-state index is -1.52. The summed E-state index contributed by atoms with van der Waals surface area (Å²) in [4.78, 5) is 0. The minimum Gasteiger partial charge on any atom is -0.502 e. The van der Waals surface area contributed by atoms with E-state index in [-0.39, 0.29) is 11.7 Å². The third-order valence-corrected chi connectivity index (χ3v) is 6.03. The Kier molecular flexibility index (Phi) is 6.82. The lowest BCUT2D eigenvalue weighted by atomic mass is 9.89. The number of phenols is 1. The highest BCUT2D eigenvalue weighted by Crippen LogP contribution is 2.44. The van der Waals surface area contributed by atoms with Crippen LogP contribution in [0.25, 0.3) is 0 Å². The first kappa shape index (κ1) is 23.4. The van der Waals surface area contributed by atoms with E-state index in [1.165, 1.54) is 14.2 Å². The fourth-order valence-corrected chi connectivity index (χ4v) is 4.19. The molecule has 180 valence electrons. The lowest BCUT2D eigenvalue weighted by molar-refractivity contribution is -0.277. The second kappa shape index (κ2) is 9.62. The zero-order chi connectivity index (χ0) is 23.7. The molecule has 10 nitrogen and oxygen atoms in total. The molecule has 2 aromatic rings. The van der Waals surface area contributed by atoms with Gasteiger partial charge in [-0.3, -0.25) is 0 Å². The summed E-state index contributed by atoms with van der Waals surface area (Å²) in [5, 5.41) is 49.7. The Labute approximate surface area is 190 Å². The summed E-state index contributed by atoms with van der Waals surface area (Å²) < 4.78 is 27.6. The van der Waals surface area contributed by atoms with Crippen molar-refractivity contribution in [1.82, 2.24) is 0 Å². The quantitative estimate of drug-likeness (QED) is 0.405. The summed E-state index contributed by atoms with van der Waals surface area (Å²) >= 11 is 0. The predicted octanol–water partition coefficient (Wildman–Crippen LogP) is 0.307. The number of methoxy groups -OCH3 is 2. The second-order valence-electron chi connectivity index (χ2n) is 8.04. The van der Waals surface area contributed by atoms with Crippen LogP contribution in [0.15, 0.2) is 30.3 Å². The molecule has 0 amide bonds.